The second-order valence-electron chi connectivity index (χ2n) is 6.23. The molecular weight excluding hydrogens is 344 g/mol. The Morgan fingerprint density at radius 1 is 1.05 bits per heavy atom. The van der Waals surface area contributed by atoms with Crippen LogP contribution in [-0.2, 0) is 5.41 Å². The van der Waals surface area contributed by atoms with Crippen molar-refractivity contribution in [2.24, 2.45) is 0 Å². The number of rotatable bonds is 3. The van der Waals surface area contributed by atoms with Gasteiger partial charge in [-0.15, -0.1) is 0 Å². The molecule has 0 saturated carbocycles. The SMILES string of the molecule is CC(O)c1ccc(Br)cc1Sc1ccc(C(C)(C)C)cc1. The van der Waals surface area contributed by atoms with Crippen molar-refractivity contribution in [1.82, 2.24) is 0 Å². The Bertz CT molecular complexity index is 612. The molecule has 0 bridgehead atoms. The Morgan fingerprint density at radius 2 is 1.67 bits per heavy atom. The van der Waals surface area contributed by atoms with Crippen LogP contribution < -0.4 is 0 Å². The molecule has 2 aromatic carbocycles. The Hall–Kier alpha value is -0.770. The van der Waals surface area contributed by atoms with Crippen LogP contribution in [0.1, 0.15) is 44.9 Å². The molecule has 3 heteroatoms. The van der Waals surface area contributed by atoms with Crippen LogP contribution in [0.4, 0.5) is 0 Å². The molecule has 0 aromatic heterocycles. The van der Waals surface area contributed by atoms with Gasteiger partial charge >= 0.3 is 0 Å². The normalized spacial score (nSPS) is 13.2. The zero-order valence-electron chi connectivity index (χ0n) is 12.9. The molecule has 1 N–H and O–H groups in total. The van der Waals surface area contributed by atoms with Crippen LogP contribution in [0.2, 0.25) is 0 Å². The minimum atomic E-state index is -0.463. The molecule has 1 unspecified atom stereocenters. The smallest absolute Gasteiger partial charge is 0.0772 e. The second-order valence-corrected chi connectivity index (χ2v) is 8.27. The first-order valence-electron chi connectivity index (χ1n) is 7.03. The third kappa shape index (κ3) is 4.35. The summed E-state index contributed by atoms with van der Waals surface area (Å²) in [6.45, 7) is 8.45. The highest BCUT2D eigenvalue weighted by molar-refractivity contribution is 9.10. The minimum Gasteiger partial charge on any atom is -0.389 e. The first kappa shape index (κ1) is 16.6. The van der Waals surface area contributed by atoms with Crippen molar-refractivity contribution in [3.8, 4) is 0 Å². The van der Waals surface area contributed by atoms with Gasteiger partial charge in [0.05, 0.1) is 6.10 Å². The molecule has 0 spiro atoms. The molecule has 112 valence electrons. The van der Waals surface area contributed by atoms with Crippen molar-refractivity contribution in [3.63, 3.8) is 0 Å². The molecule has 0 radical (unpaired) electrons. The summed E-state index contributed by atoms with van der Waals surface area (Å²) in [4.78, 5) is 2.27. The molecule has 21 heavy (non-hydrogen) atoms. The summed E-state index contributed by atoms with van der Waals surface area (Å²) in [5, 5.41) is 9.90. The first-order chi connectivity index (χ1) is 9.77. The predicted octanol–water partition coefficient (Wildman–Crippen LogP) is 5.95. The monoisotopic (exact) mass is 364 g/mol. The molecule has 0 fully saturated rings. The minimum absolute atomic E-state index is 0.170. The molecule has 1 nitrogen and oxygen atoms in total. The van der Waals surface area contributed by atoms with E-state index in [-0.39, 0.29) is 5.41 Å². The van der Waals surface area contributed by atoms with Crippen molar-refractivity contribution < 1.29 is 5.11 Å². The molecule has 0 amide bonds. The highest BCUT2D eigenvalue weighted by Gasteiger charge is 2.14. The lowest BCUT2D eigenvalue weighted by Gasteiger charge is -2.19. The van der Waals surface area contributed by atoms with E-state index in [1.807, 2.05) is 12.1 Å². The fraction of sp³-hybridized carbons (Fsp3) is 0.333. The molecule has 0 aliphatic heterocycles. The highest BCUT2D eigenvalue weighted by Crippen LogP contribution is 2.36. The van der Waals surface area contributed by atoms with E-state index in [9.17, 15) is 5.11 Å². The predicted molar refractivity (Wildman–Crippen MR) is 94.0 cm³/mol. The molecule has 0 heterocycles. The van der Waals surface area contributed by atoms with Crippen molar-refractivity contribution in [1.29, 1.82) is 0 Å². The van der Waals surface area contributed by atoms with Crippen LogP contribution in [0.15, 0.2) is 56.7 Å². The van der Waals surface area contributed by atoms with Gasteiger partial charge in [-0.25, -0.2) is 0 Å². The van der Waals surface area contributed by atoms with Crippen LogP contribution in [0.25, 0.3) is 0 Å². The van der Waals surface area contributed by atoms with E-state index in [0.29, 0.717) is 0 Å². The van der Waals surface area contributed by atoms with Gasteiger partial charge in [-0.1, -0.05) is 66.7 Å². The molecule has 0 aliphatic rings. The van der Waals surface area contributed by atoms with Gasteiger partial charge < -0.3 is 5.11 Å². The van der Waals surface area contributed by atoms with E-state index in [2.05, 4.69) is 67.0 Å². The maximum absolute atomic E-state index is 9.90. The Labute approximate surface area is 139 Å². The van der Waals surface area contributed by atoms with Gasteiger partial charge in [0.25, 0.3) is 0 Å². The highest BCUT2D eigenvalue weighted by atomic mass is 79.9. The molecule has 0 aliphatic carbocycles. The number of aliphatic hydroxyl groups is 1. The molecular formula is C18H21BrOS. The van der Waals surface area contributed by atoms with Gasteiger partial charge in [-0.2, -0.15) is 0 Å². The summed E-state index contributed by atoms with van der Waals surface area (Å²) in [5.74, 6) is 0. The zero-order valence-corrected chi connectivity index (χ0v) is 15.3. The van der Waals surface area contributed by atoms with Crippen molar-refractivity contribution >= 4 is 27.7 Å². The topological polar surface area (TPSA) is 20.2 Å². The number of hydrogen-bond donors (Lipinski definition) is 1. The summed E-state index contributed by atoms with van der Waals surface area (Å²) < 4.78 is 1.03. The van der Waals surface area contributed by atoms with Gasteiger partial charge in [0.1, 0.15) is 0 Å². The van der Waals surface area contributed by atoms with Gasteiger partial charge in [-0.3, -0.25) is 0 Å². The van der Waals surface area contributed by atoms with Gasteiger partial charge in [0.2, 0.25) is 0 Å². The number of benzene rings is 2. The third-order valence-corrected chi connectivity index (χ3v) is 4.95. The lowest BCUT2D eigenvalue weighted by Crippen LogP contribution is -2.10. The summed E-state index contributed by atoms with van der Waals surface area (Å²) in [5.41, 5.74) is 2.46. The largest absolute Gasteiger partial charge is 0.389 e. The lowest BCUT2D eigenvalue weighted by molar-refractivity contribution is 0.196. The lowest BCUT2D eigenvalue weighted by atomic mass is 9.87. The van der Waals surface area contributed by atoms with E-state index in [1.54, 1.807) is 18.7 Å². The zero-order chi connectivity index (χ0) is 15.6. The van der Waals surface area contributed by atoms with Crippen LogP contribution in [0.5, 0.6) is 0 Å². The Morgan fingerprint density at radius 3 is 2.19 bits per heavy atom. The van der Waals surface area contributed by atoms with Crippen LogP contribution >= 0.6 is 27.7 Å². The maximum Gasteiger partial charge on any atom is 0.0772 e. The third-order valence-electron chi connectivity index (χ3n) is 3.37. The molecule has 0 saturated heterocycles. The number of halogens is 1. The van der Waals surface area contributed by atoms with Gasteiger partial charge in [-0.05, 0) is 47.7 Å². The quantitative estimate of drug-likeness (QED) is 0.725. The summed E-state index contributed by atoms with van der Waals surface area (Å²) >= 11 is 5.19. The summed E-state index contributed by atoms with van der Waals surface area (Å²) in [7, 11) is 0. The average molecular weight is 365 g/mol. The van der Waals surface area contributed by atoms with Crippen molar-refractivity contribution in [2.45, 2.75) is 49.0 Å². The van der Waals surface area contributed by atoms with E-state index in [0.717, 1.165) is 14.9 Å². The fourth-order valence-corrected chi connectivity index (χ4v) is 3.67. The van der Waals surface area contributed by atoms with Crippen LogP contribution in [0.3, 0.4) is 0 Å². The molecule has 1 atom stereocenters. The Kier molecular flexibility index (Phi) is 5.18. The van der Waals surface area contributed by atoms with Crippen molar-refractivity contribution in [3.05, 3.63) is 58.1 Å². The number of hydrogen-bond acceptors (Lipinski definition) is 2. The van der Waals surface area contributed by atoms with E-state index >= 15 is 0 Å². The number of aliphatic hydroxyl groups excluding tert-OH is 1. The Balaban J connectivity index is 2.28. The van der Waals surface area contributed by atoms with E-state index < -0.39 is 6.10 Å². The van der Waals surface area contributed by atoms with Gasteiger partial charge in [0, 0.05) is 14.3 Å². The van der Waals surface area contributed by atoms with Crippen LogP contribution in [0, 0.1) is 0 Å². The van der Waals surface area contributed by atoms with E-state index in [4.69, 9.17) is 0 Å². The first-order valence-corrected chi connectivity index (χ1v) is 8.64. The second kappa shape index (κ2) is 6.55. The summed E-state index contributed by atoms with van der Waals surface area (Å²) in [6.07, 6.45) is -0.463. The maximum atomic E-state index is 9.90. The fourth-order valence-electron chi connectivity index (χ4n) is 2.09. The average Bonchev–Trinajstić information content (AvgIpc) is 2.38. The standard InChI is InChI=1S/C18H21BrOS/c1-12(20)16-10-7-14(19)11-17(16)21-15-8-5-13(6-9-15)18(2,3)4/h5-12,20H,1-4H3. The van der Waals surface area contributed by atoms with E-state index in [1.165, 1.54) is 10.5 Å². The molecule has 2 aromatic rings. The summed E-state index contributed by atoms with van der Waals surface area (Å²) in [6, 6.07) is 14.7. The van der Waals surface area contributed by atoms with Crippen LogP contribution in [-0.4, -0.2) is 5.11 Å². The molecule has 2 rings (SSSR count). The van der Waals surface area contributed by atoms with Crippen molar-refractivity contribution in [2.75, 3.05) is 0 Å². The van der Waals surface area contributed by atoms with Gasteiger partial charge in [0.15, 0.2) is 0 Å².